The van der Waals surface area contributed by atoms with E-state index in [1.165, 1.54) is 50.8 Å². The topological polar surface area (TPSA) is 107 Å². The lowest BCUT2D eigenvalue weighted by Gasteiger charge is -2.14. The van der Waals surface area contributed by atoms with Gasteiger partial charge in [0.25, 0.3) is 10.0 Å². The summed E-state index contributed by atoms with van der Waals surface area (Å²) >= 11 is 0. The summed E-state index contributed by atoms with van der Waals surface area (Å²) in [6, 6.07) is 14.2. The lowest BCUT2D eigenvalue weighted by Crippen LogP contribution is -2.15. The second-order valence-corrected chi connectivity index (χ2v) is 7.69. The van der Waals surface area contributed by atoms with Crippen molar-refractivity contribution in [1.82, 2.24) is 0 Å². The van der Waals surface area contributed by atoms with Crippen molar-refractivity contribution in [1.29, 1.82) is 0 Å². The molecule has 30 heavy (non-hydrogen) atoms. The van der Waals surface area contributed by atoms with Crippen LogP contribution in [0.15, 0.2) is 76.2 Å². The van der Waals surface area contributed by atoms with Gasteiger partial charge in [0.2, 0.25) is 5.91 Å². The quantitative estimate of drug-likeness (QED) is 0.529. The Morgan fingerprint density at radius 1 is 0.967 bits per heavy atom. The molecule has 0 spiro atoms. The third kappa shape index (κ3) is 5.00. The molecule has 0 aliphatic carbocycles. The molecule has 0 aliphatic heterocycles. The van der Waals surface area contributed by atoms with E-state index in [1.54, 1.807) is 36.4 Å². The number of sulfonamides is 1. The molecule has 2 aromatic carbocycles. The lowest BCUT2D eigenvalue weighted by molar-refractivity contribution is -0.111. The van der Waals surface area contributed by atoms with Gasteiger partial charge in [-0.2, -0.15) is 0 Å². The van der Waals surface area contributed by atoms with Gasteiger partial charge in [0, 0.05) is 6.08 Å². The predicted octanol–water partition coefficient (Wildman–Crippen LogP) is 3.75. The Balaban J connectivity index is 1.85. The summed E-state index contributed by atoms with van der Waals surface area (Å²) < 4.78 is 43.7. The minimum atomic E-state index is -3.95. The van der Waals surface area contributed by atoms with Crippen molar-refractivity contribution >= 4 is 33.4 Å². The van der Waals surface area contributed by atoms with Gasteiger partial charge in [-0.15, -0.1) is 0 Å². The van der Waals surface area contributed by atoms with Crippen molar-refractivity contribution in [3.63, 3.8) is 0 Å². The molecule has 8 nitrogen and oxygen atoms in total. The molecule has 156 valence electrons. The summed E-state index contributed by atoms with van der Waals surface area (Å²) in [5, 5.41) is 2.61. The molecule has 0 radical (unpaired) electrons. The van der Waals surface area contributed by atoms with Crippen LogP contribution in [0.1, 0.15) is 5.76 Å². The van der Waals surface area contributed by atoms with Crippen LogP contribution in [0.2, 0.25) is 0 Å². The smallest absolute Gasteiger partial charge is 0.262 e. The molecule has 3 rings (SSSR count). The highest BCUT2D eigenvalue weighted by Gasteiger charge is 2.19. The van der Waals surface area contributed by atoms with E-state index in [1.807, 2.05) is 0 Å². The number of amides is 1. The number of benzene rings is 2. The first-order valence-corrected chi connectivity index (χ1v) is 10.3. The van der Waals surface area contributed by atoms with E-state index >= 15 is 0 Å². The highest BCUT2D eigenvalue weighted by atomic mass is 32.2. The molecule has 0 saturated carbocycles. The summed E-state index contributed by atoms with van der Waals surface area (Å²) in [6.07, 6.45) is 4.25. The predicted molar refractivity (Wildman–Crippen MR) is 113 cm³/mol. The van der Waals surface area contributed by atoms with Gasteiger partial charge in [0.15, 0.2) is 0 Å². The van der Waals surface area contributed by atoms with E-state index in [9.17, 15) is 13.2 Å². The number of carbonyl (C=O) groups excluding carboxylic acids is 1. The van der Waals surface area contributed by atoms with E-state index in [-0.39, 0.29) is 10.6 Å². The van der Waals surface area contributed by atoms with Crippen molar-refractivity contribution in [2.45, 2.75) is 4.90 Å². The molecule has 1 amide bonds. The molecular formula is C21H20N2O6S. The highest BCUT2D eigenvalue weighted by Crippen LogP contribution is 2.30. The molecule has 3 aromatic rings. The molecule has 0 aliphatic rings. The normalized spacial score (nSPS) is 11.3. The van der Waals surface area contributed by atoms with Gasteiger partial charge < -0.3 is 19.2 Å². The minimum absolute atomic E-state index is 0.0560. The van der Waals surface area contributed by atoms with Crippen LogP contribution in [0.3, 0.4) is 0 Å². The number of furan rings is 1. The van der Waals surface area contributed by atoms with E-state index in [0.717, 1.165) is 0 Å². The summed E-state index contributed by atoms with van der Waals surface area (Å²) in [7, 11) is -1.08. The zero-order valence-corrected chi connectivity index (χ0v) is 17.1. The number of rotatable bonds is 8. The standard InChI is InChI=1S/C21H20N2O6S/c1-27-19-8-4-3-7-17(19)23-30(25,26)16-10-11-20(28-2)18(14-16)22-21(24)12-9-15-6-5-13-29-15/h3-14,23H,1-2H3,(H,22,24)/b12-9+. The molecule has 9 heteroatoms. The zero-order valence-electron chi connectivity index (χ0n) is 16.3. The summed E-state index contributed by atoms with van der Waals surface area (Å²) in [5.41, 5.74) is 0.497. The number of hydrogen-bond acceptors (Lipinski definition) is 6. The Kier molecular flexibility index (Phi) is 6.43. The maximum atomic E-state index is 12.8. The number of nitrogens with one attached hydrogen (secondary N) is 2. The van der Waals surface area contributed by atoms with Gasteiger partial charge in [-0.3, -0.25) is 9.52 Å². The fraction of sp³-hybridized carbons (Fsp3) is 0.0952. The first-order chi connectivity index (χ1) is 14.4. The maximum Gasteiger partial charge on any atom is 0.262 e. The summed E-state index contributed by atoms with van der Waals surface area (Å²) in [5.74, 6) is 0.726. The second kappa shape index (κ2) is 9.19. The SMILES string of the molecule is COc1ccc(S(=O)(=O)Nc2ccccc2OC)cc1NC(=O)/C=C/c1ccco1. The number of carbonyl (C=O) groups is 1. The van der Waals surface area contributed by atoms with Crippen molar-refractivity contribution < 1.29 is 27.1 Å². The van der Waals surface area contributed by atoms with Crippen molar-refractivity contribution in [2.75, 3.05) is 24.3 Å². The number of methoxy groups -OCH3 is 2. The minimum Gasteiger partial charge on any atom is -0.495 e. The summed E-state index contributed by atoms with van der Waals surface area (Å²) in [6.45, 7) is 0. The van der Waals surface area contributed by atoms with Crippen molar-refractivity contribution in [3.8, 4) is 11.5 Å². The van der Waals surface area contributed by atoms with Gasteiger partial charge in [0.1, 0.15) is 17.3 Å². The first kappa shape index (κ1) is 21.0. The van der Waals surface area contributed by atoms with Crippen LogP contribution >= 0.6 is 0 Å². The molecule has 1 aromatic heterocycles. The van der Waals surface area contributed by atoms with Gasteiger partial charge >= 0.3 is 0 Å². The van der Waals surface area contributed by atoms with Gasteiger partial charge in [-0.1, -0.05) is 12.1 Å². The Bertz CT molecular complexity index is 1150. The highest BCUT2D eigenvalue weighted by molar-refractivity contribution is 7.92. The molecule has 0 atom stereocenters. The van der Waals surface area contributed by atoms with Crippen LogP contribution < -0.4 is 19.5 Å². The maximum absolute atomic E-state index is 12.8. The Hall–Kier alpha value is -3.72. The van der Waals surface area contributed by atoms with Crippen molar-refractivity contribution in [2.24, 2.45) is 0 Å². The van der Waals surface area contributed by atoms with E-state index in [4.69, 9.17) is 13.9 Å². The molecule has 0 bridgehead atoms. The van der Waals surface area contributed by atoms with E-state index < -0.39 is 15.9 Å². The molecule has 2 N–H and O–H groups in total. The molecule has 0 fully saturated rings. The number of para-hydroxylation sites is 2. The van der Waals surface area contributed by atoms with Crippen LogP contribution in [-0.2, 0) is 14.8 Å². The van der Waals surface area contributed by atoms with Gasteiger partial charge in [0.05, 0.1) is 36.8 Å². The zero-order chi connectivity index (χ0) is 21.6. The Morgan fingerprint density at radius 3 is 2.40 bits per heavy atom. The van der Waals surface area contributed by atoms with Crippen LogP contribution in [0.4, 0.5) is 11.4 Å². The average Bonchev–Trinajstić information content (AvgIpc) is 3.26. The number of ether oxygens (including phenoxy) is 2. The largest absolute Gasteiger partial charge is 0.495 e. The second-order valence-electron chi connectivity index (χ2n) is 6.01. The Morgan fingerprint density at radius 2 is 1.70 bits per heavy atom. The molecular weight excluding hydrogens is 408 g/mol. The Labute approximate surface area is 174 Å². The van der Waals surface area contributed by atoms with Crippen LogP contribution in [0, 0.1) is 0 Å². The first-order valence-electron chi connectivity index (χ1n) is 8.79. The molecule has 0 unspecified atom stereocenters. The molecule has 1 heterocycles. The van der Waals surface area contributed by atoms with Crippen LogP contribution in [-0.4, -0.2) is 28.5 Å². The van der Waals surface area contributed by atoms with Gasteiger partial charge in [-0.25, -0.2) is 8.42 Å². The fourth-order valence-corrected chi connectivity index (χ4v) is 3.70. The fourth-order valence-electron chi connectivity index (χ4n) is 2.60. The van der Waals surface area contributed by atoms with Crippen LogP contribution in [0.25, 0.3) is 6.08 Å². The van der Waals surface area contributed by atoms with E-state index in [0.29, 0.717) is 22.9 Å². The van der Waals surface area contributed by atoms with Crippen molar-refractivity contribution in [3.05, 3.63) is 72.7 Å². The van der Waals surface area contributed by atoms with Crippen LogP contribution in [0.5, 0.6) is 11.5 Å². The monoisotopic (exact) mass is 428 g/mol. The summed E-state index contributed by atoms with van der Waals surface area (Å²) in [4.78, 5) is 12.2. The third-order valence-corrected chi connectivity index (χ3v) is 5.40. The number of hydrogen-bond donors (Lipinski definition) is 2. The lowest BCUT2D eigenvalue weighted by atomic mass is 10.3. The van der Waals surface area contributed by atoms with Gasteiger partial charge in [-0.05, 0) is 48.5 Å². The third-order valence-electron chi connectivity index (χ3n) is 4.03. The molecule has 0 saturated heterocycles. The number of anilines is 2. The average molecular weight is 428 g/mol. The van der Waals surface area contributed by atoms with E-state index in [2.05, 4.69) is 10.0 Å².